The average molecular weight is 336 g/mol. The number of ether oxygens (including phenoxy) is 1. The summed E-state index contributed by atoms with van der Waals surface area (Å²) in [6, 6.07) is 6.16. The number of benzene rings is 1. The van der Waals surface area contributed by atoms with E-state index in [1.165, 1.54) is 0 Å². The van der Waals surface area contributed by atoms with Gasteiger partial charge in [0.25, 0.3) is 0 Å². The van der Waals surface area contributed by atoms with Gasteiger partial charge in [-0.15, -0.1) is 0 Å². The van der Waals surface area contributed by atoms with E-state index in [0.29, 0.717) is 0 Å². The lowest BCUT2D eigenvalue weighted by molar-refractivity contribution is 0.405. The van der Waals surface area contributed by atoms with Crippen LogP contribution in [0, 0.1) is 0 Å². The van der Waals surface area contributed by atoms with E-state index in [9.17, 15) is 0 Å². The Morgan fingerprint density at radius 3 is 2.85 bits per heavy atom. The summed E-state index contributed by atoms with van der Waals surface area (Å²) in [5, 5.41) is 3.44. The predicted octanol–water partition coefficient (Wildman–Crippen LogP) is 3.14. The Labute approximate surface area is 127 Å². The third-order valence-corrected chi connectivity index (χ3v) is 3.55. The molecule has 0 aliphatic heterocycles. The first kappa shape index (κ1) is 14.9. The van der Waals surface area contributed by atoms with E-state index in [4.69, 9.17) is 4.74 Å². The molecule has 0 saturated heterocycles. The summed E-state index contributed by atoms with van der Waals surface area (Å²) in [7, 11) is 1.69. The molecule has 0 fully saturated rings. The fourth-order valence-electron chi connectivity index (χ4n) is 2.14. The van der Waals surface area contributed by atoms with Gasteiger partial charge >= 0.3 is 0 Å². The highest BCUT2D eigenvalue weighted by molar-refractivity contribution is 9.10. The van der Waals surface area contributed by atoms with Crippen LogP contribution in [0.3, 0.4) is 0 Å². The minimum absolute atomic E-state index is 0.122. The summed E-state index contributed by atoms with van der Waals surface area (Å²) in [6.07, 6.45) is 6.01. The molecule has 0 amide bonds. The summed E-state index contributed by atoms with van der Waals surface area (Å²) >= 11 is 3.51. The zero-order valence-electron chi connectivity index (χ0n) is 11.6. The Bertz CT molecular complexity index is 548. The van der Waals surface area contributed by atoms with Gasteiger partial charge in [-0.05, 0) is 36.7 Å². The van der Waals surface area contributed by atoms with E-state index in [-0.39, 0.29) is 6.04 Å². The monoisotopic (exact) mass is 335 g/mol. The Balaban J connectivity index is 2.26. The third-order valence-electron chi connectivity index (χ3n) is 3.06. The molecular formula is C15H18BrN3O. The fourth-order valence-corrected chi connectivity index (χ4v) is 2.55. The fraction of sp³-hybridized carbons (Fsp3) is 0.333. The molecule has 1 N–H and O–H groups in total. The van der Waals surface area contributed by atoms with Gasteiger partial charge in [0.2, 0.25) is 0 Å². The first-order valence-electron chi connectivity index (χ1n) is 6.56. The molecule has 0 aliphatic rings. The molecule has 1 atom stereocenters. The second-order valence-electron chi connectivity index (χ2n) is 4.40. The standard InChI is InChI=1S/C15H18BrN3O/c1-3-18-13(14-10-17-6-7-19-14)9-11-8-12(16)4-5-15(11)20-2/h4-8,10,13,18H,3,9H2,1-2H3. The minimum Gasteiger partial charge on any atom is -0.496 e. The number of hydrogen-bond donors (Lipinski definition) is 1. The molecule has 4 nitrogen and oxygen atoms in total. The molecule has 0 bridgehead atoms. The predicted molar refractivity (Wildman–Crippen MR) is 82.8 cm³/mol. The van der Waals surface area contributed by atoms with Crippen molar-refractivity contribution in [2.45, 2.75) is 19.4 Å². The van der Waals surface area contributed by atoms with Gasteiger partial charge in [0.15, 0.2) is 0 Å². The Morgan fingerprint density at radius 1 is 1.35 bits per heavy atom. The van der Waals surface area contributed by atoms with E-state index in [0.717, 1.165) is 34.4 Å². The summed E-state index contributed by atoms with van der Waals surface area (Å²) < 4.78 is 6.47. The quantitative estimate of drug-likeness (QED) is 0.880. The van der Waals surface area contributed by atoms with Gasteiger partial charge in [0.05, 0.1) is 18.8 Å². The van der Waals surface area contributed by atoms with E-state index >= 15 is 0 Å². The second-order valence-corrected chi connectivity index (χ2v) is 5.32. The highest BCUT2D eigenvalue weighted by Crippen LogP contribution is 2.27. The van der Waals surface area contributed by atoms with Crippen molar-refractivity contribution in [1.82, 2.24) is 15.3 Å². The Kier molecular flexibility index (Phi) is 5.49. The molecule has 5 heteroatoms. The van der Waals surface area contributed by atoms with Crippen molar-refractivity contribution in [3.05, 3.63) is 52.5 Å². The van der Waals surface area contributed by atoms with Crippen molar-refractivity contribution in [3.63, 3.8) is 0 Å². The number of methoxy groups -OCH3 is 1. The number of nitrogens with zero attached hydrogens (tertiary/aromatic N) is 2. The highest BCUT2D eigenvalue weighted by Gasteiger charge is 2.15. The molecule has 1 unspecified atom stereocenters. The smallest absolute Gasteiger partial charge is 0.122 e. The van der Waals surface area contributed by atoms with Crippen molar-refractivity contribution in [3.8, 4) is 5.75 Å². The van der Waals surface area contributed by atoms with Gasteiger partial charge in [0, 0.05) is 23.1 Å². The Hall–Kier alpha value is -1.46. The second kappa shape index (κ2) is 7.36. The molecular weight excluding hydrogens is 318 g/mol. The minimum atomic E-state index is 0.122. The number of likely N-dealkylation sites (N-methyl/N-ethyl adjacent to an activating group) is 1. The number of halogens is 1. The lowest BCUT2D eigenvalue weighted by Gasteiger charge is -2.18. The number of hydrogen-bond acceptors (Lipinski definition) is 4. The van der Waals surface area contributed by atoms with Crippen molar-refractivity contribution in [1.29, 1.82) is 0 Å². The summed E-state index contributed by atoms with van der Waals surface area (Å²) in [4.78, 5) is 8.54. The maximum absolute atomic E-state index is 5.43. The maximum atomic E-state index is 5.43. The van der Waals surface area contributed by atoms with Gasteiger partial charge in [-0.3, -0.25) is 9.97 Å². The van der Waals surface area contributed by atoms with Crippen LogP contribution in [-0.2, 0) is 6.42 Å². The van der Waals surface area contributed by atoms with Crippen LogP contribution in [0.5, 0.6) is 5.75 Å². The summed E-state index contributed by atoms with van der Waals surface area (Å²) in [5.74, 6) is 0.889. The maximum Gasteiger partial charge on any atom is 0.122 e. The highest BCUT2D eigenvalue weighted by atomic mass is 79.9. The van der Waals surface area contributed by atoms with Crippen molar-refractivity contribution < 1.29 is 4.74 Å². The first-order valence-corrected chi connectivity index (χ1v) is 7.35. The normalized spacial score (nSPS) is 12.2. The molecule has 2 rings (SSSR count). The molecule has 0 saturated carbocycles. The molecule has 1 heterocycles. The molecule has 106 valence electrons. The van der Waals surface area contributed by atoms with Gasteiger partial charge < -0.3 is 10.1 Å². The molecule has 1 aromatic heterocycles. The van der Waals surface area contributed by atoms with Crippen LogP contribution < -0.4 is 10.1 Å². The van der Waals surface area contributed by atoms with E-state index in [1.807, 2.05) is 12.1 Å². The van der Waals surface area contributed by atoms with Gasteiger partial charge in [-0.1, -0.05) is 22.9 Å². The molecule has 2 aromatic rings. The lowest BCUT2D eigenvalue weighted by atomic mass is 10.0. The van der Waals surface area contributed by atoms with Crippen LogP contribution in [0.25, 0.3) is 0 Å². The lowest BCUT2D eigenvalue weighted by Crippen LogP contribution is -2.24. The van der Waals surface area contributed by atoms with Crippen LogP contribution in [-0.4, -0.2) is 23.6 Å². The van der Waals surface area contributed by atoms with Crippen molar-refractivity contribution in [2.75, 3.05) is 13.7 Å². The van der Waals surface area contributed by atoms with E-state index in [2.05, 4.69) is 44.2 Å². The molecule has 20 heavy (non-hydrogen) atoms. The summed E-state index contributed by atoms with van der Waals surface area (Å²) in [5.41, 5.74) is 2.08. The zero-order chi connectivity index (χ0) is 14.4. The number of rotatable bonds is 6. The van der Waals surface area contributed by atoms with Crippen LogP contribution in [0.1, 0.15) is 24.2 Å². The van der Waals surface area contributed by atoms with Crippen molar-refractivity contribution >= 4 is 15.9 Å². The largest absolute Gasteiger partial charge is 0.496 e. The average Bonchev–Trinajstić information content (AvgIpc) is 2.48. The summed E-state index contributed by atoms with van der Waals surface area (Å²) in [6.45, 7) is 2.96. The molecule has 1 aromatic carbocycles. The molecule has 0 radical (unpaired) electrons. The SMILES string of the molecule is CCNC(Cc1cc(Br)ccc1OC)c1cnccn1. The molecule has 0 spiro atoms. The number of nitrogens with one attached hydrogen (secondary N) is 1. The van der Waals surface area contributed by atoms with Gasteiger partial charge in [-0.25, -0.2) is 0 Å². The van der Waals surface area contributed by atoms with Gasteiger partial charge in [-0.2, -0.15) is 0 Å². The molecule has 0 aliphatic carbocycles. The van der Waals surface area contributed by atoms with Crippen LogP contribution in [0.15, 0.2) is 41.3 Å². The van der Waals surface area contributed by atoms with Crippen molar-refractivity contribution in [2.24, 2.45) is 0 Å². The first-order chi connectivity index (χ1) is 9.74. The van der Waals surface area contributed by atoms with E-state index in [1.54, 1.807) is 25.7 Å². The van der Waals surface area contributed by atoms with Crippen LogP contribution in [0.4, 0.5) is 0 Å². The van der Waals surface area contributed by atoms with E-state index < -0.39 is 0 Å². The number of aromatic nitrogens is 2. The Morgan fingerprint density at radius 2 is 2.20 bits per heavy atom. The van der Waals surface area contributed by atoms with Crippen LogP contribution in [0.2, 0.25) is 0 Å². The third kappa shape index (κ3) is 3.77. The van der Waals surface area contributed by atoms with Gasteiger partial charge in [0.1, 0.15) is 5.75 Å². The topological polar surface area (TPSA) is 47.0 Å². The zero-order valence-corrected chi connectivity index (χ0v) is 13.2. The van der Waals surface area contributed by atoms with Crippen LogP contribution >= 0.6 is 15.9 Å².